The summed E-state index contributed by atoms with van der Waals surface area (Å²) in [5.74, 6) is 0.517. The smallest absolute Gasteiger partial charge is 0.234 e. The Kier molecular flexibility index (Phi) is 2.76. The molecular formula is C12H11N3OS2. The van der Waals surface area contributed by atoms with Gasteiger partial charge in [-0.2, -0.15) is 0 Å². The van der Waals surface area contributed by atoms with Gasteiger partial charge in [0.25, 0.3) is 0 Å². The van der Waals surface area contributed by atoms with Crippen molar-refractivity contribution in [3.63, 3.8) is 0 Å². The number of hydrogen-bond donors (Lipinski definition) is 2. The summed E-state index contributed by atoms with van der Waals surface area (Å²) in [5.41, 5.74) is 8.57. The molecule has 1 aliphatic heterocycles. The third kappa shape index (κ3) is 1.97. The monoisotopic (exact) mass is 277 g/mol. The van der Waals surface area contributed by atoms with Gasteiger partial charge in [-0.1, -0.05) is 6.07 Å². The maximum absolute atomic E-state index is 11.3. The van der Waals surface area contributed by atoms with Crippen LogP contribution in [-0.4, -0.2) is 16.6 Å². The lowest BCUT2D eigenvalue weighted by atomic mass is 10.1. The SMILES string of the molecule is Cc1sc(N)nc1-c1ccc2c(c1)SCC(=O)N2. The number of aryl methyl sites for hydroxylation is 1. The van der Waals surface area contributed by atoms with Crippen LogP contribution in [0.2, 0.25) is 0 Å². The molecule has 2 aromatic rings. The van der Waals surface area contributed by atoms with Crippen LogP contribution in [0.3, 0.4) is 0 Å². The number of nitrogens with zero attached hydrogens (tertiary/aromatic N) is 1. The number of aromatic nitrogens is 1. The third-order valence-corrected chi connectivity index (χ3v) is 4.56. The molecule has 2 heterocycles. The van der Waals surface area contributed by atoms with Crippen molar-refractivity contribution in [2.24, 2.45) is 0 Å². The fourth-order valence-electron chi connectivity index (χ4n) is 1.91. The standard InChI is InChI=1S/C12H11N3OS2/c1-6-11(15-12(13)18-6)7-2-3-8-9(4-7)17-5-10(16)14-8/h2-4H,5H2,1H3,(H2,13,15)(H,14,16). The highest BCUT2D eigenvalue weighted by atomic mass is 32.2. The van der Waals surface area contributed by atoms with Crippen molar-refractivity contribution in [3.8, 4) is 11.3 Å². The average molecular weight is 277 g/mol. The second kappa shape index (κ2) is 4.29. The van der Waals surface area contributed by atoms with Gasteiger partial charge in [-0.3, -0.25) is 4.79 Å². The molecule has 1 aromatic heterocycles. The van der Waals surface area contributed by atoms with Crippen LogP contribution >= 0.6 is 23.1 Å². The number of nitrogens with two attached hydrogens (primary N) is 1. The normalized spacial score (nSPS) is 14.2. The van der Waals surface area contributed by atoms with E-state index in [9.17, 15) is 4.79 Å². The zero-order valence-corrected chi connectivity index (χ0v) is 11.3. The lowest BCUT2D eigenvalue weighted by Gasteiger charge is -2.16. The van der Waals surface area contributed by atoms with Gasteiger partial charge in [0.1, 0.15) is 0 Å². The van der Waals surface area contributed by atoms with E-state index in [-0.39, 0.29) is 5.91 Å². The molecule has 1 aliphatic rings. The minimum absolute atomic E-state index is 0.0503. The molecule has 0 aliphatic carbocycles. The molecule has 3 N–H and O–H groups in total. The van der Waals surface area contributed by atoms with Crippen molar-refractivity contribution in [3.05, 3.63) is 23.1 Å². The van der Waals surface area contributed by atoms with Crippen LogP contribution in [-0.2, 0) is 4.79 Å². The number of nitrogen functional groups attached to an aromatic ring is 1. The van der Waals surface area contributed by atoms with Gasteiger partial charge in [-0.05, 0) is 19.1 Å². The lowest BCUT2D eigenvalue weighted by molar-refractivity contribution is -0.113. The van der Waals surface area contributed by atoms with Gasteiger partial charge in [0.2, 0.25) is 5.91 Å². The number of fused-ring (bicyclic) bond motifs is 1. The van der Waals surface area contributed by atoms with Gasteiger partial charge in [-0.15, -0.1) is 23.1 Å². The van der Waals surface area contributed by atoms with E-state index in [0.29, 0.717) is 10.9 Å². The number of nitrogens with one attached hydrogen (secondary N) is 1. The highest BCUT2D eigenvalue weighted by Crippen LogP contribution is 2.36. The zero-order valence-electron chi connectivity index (χ0n) is 9.69. The number of carbonyl (C=O) groups excluding carboxylic acids is 1. The van der Waals surface area contributed by atoms with Gasteiger partial charge in [0.05, 0.1) is 17.1 Å². The number of rotatable bonds is 1. The van der Waals surface area contributed by atoms with Crippen molar-refractivity contribution in [1.29, 1.82) is 0 Å². The maximum atomic E-state index is 11.3. The van der Waals surface area contributed by atoms with Crippen LogP contribution in [0.5, 0.6) is 0 Å². The molecule has 3 rings (SSSR count). The molecule has 0 fully saturated rings. The van der Waals surface area contributed by atoms with Gasteiger partial charge in [0, 0.05) is 15.3 Å². The van der Waals surface area contributed by atoms with Crippen LogP contribution in [0.15, 0.2) is 23.1 Å². The Hall–Kier alpha value is -1.53. The Labute approximate surface area is 113 Å². The fourth-order valence-corrected chi connectivity index (χ4v) is 3.46. The second-order valence-electron chi connectivity index (χ2n) is 4.00. The Morgan fingerprint density at radius 1 is 1.44 bits per heavy atom. The highest BCUT2D eigenvalue weighted by molar-refractivity contribution is 8.00. The number of anilines is 2. The number of thioether (sulfide) groups is 1. The molecule has 4 nitrogen and oxygen atoms in total. The molecule has 0 atom stereocenters. The molecule has 1 amide bonds. The van der Waals surface area contributed by atoms with E-state index in [2.05, 4.69) is 16.4 Å². The summed E-state index contributed by atoms with van der Waals surface area (Å²) in [5, 5.41) is 3.44. The number of amides is 1. The van der Waals surface area contributed by atoms with Crippen LogP contribution in [0.4, 0.5) is 10.8 Å². The molecule has 0 radical (unpaired) electrons. The van der Waals surface area contributed by atoms with Crippen molar-refractivity contribution >= 4 is 39.8 Å². The molecule has 18 heavy (non-hydrogen) atoms. The molecule has 0 saturated carbocycles. The minimum Gasteiger partial charge on any atom is -0.375 e. The van der Waals surface area contributed by atoms with Crippen molar-refractivity contribution in [1.82, 2.24) is 4.98 Å². The van der Waals surface area contributed by atoms with Crippen molar-refractivity contribution in [2.45, 2.75) is 11.8 Å². The molecule has 0 bridgehead atoms. The first-order chi connectivity index (χ1) is 8.63. The Bertz CT molecular complexity index is 636. The van der Waals surface area contributed by atoms with E-state index in [1.165, 1.54) is 11.3 Å². The molecule has 92 valence electrons. The summed E-state index contributed by atoms with van der Waals surface area (Å²) in [7, 11) is 0. The summed E-state index contributed by atoms with van der Waals surface area (Å²) in [6.07, 6.45) is 0. The molecule has 1 aromatic carbocycles. The molecule has 0 spiro atoms. The van der Waals surface area contributed by atoms with E-state index in [1.807, 2.05) is 19.1 Å². The van der Waals surface area contributed by atoms with Gasteiger partial charge in [0.15, 0.2) is 5.13 Å². The quantitative estimate of drug-likeness (QED) is 0.841. The van der Waals surface area contributed by atoms with Crippen molar-refractivity contribution < 1.29 is 4.79 Å². The molecular weight excluding hydrogens is 266 g/mol. The number of hydrogen-bond acceptors (Lipinski definition) is 5. The first-order valence-corrected chi connectivity index (χ1v) is 7.23. The number of thiazole rings is 1. The largest absolute Gasteiger partial charge is 0.375 e. The van der Waals surface area contributed by atoms with Gasteiger partial charge in [-0.25, -0.2) is 4.98 Å². The molecule has 0 unspecified atom stereocenters. The highest BCUT2D eigenvalue weighted by Gasteiger charge is 2.17. The van der Waals surface area contributed by atoms with E-state index < -0.39 is 0 Å². The summed E-state index contributed by atoms with van der Waals surface area (Å²) in [4.78, 5) is 17.8. The van der Waals surface area contributed by atoms with Crippen LogP contribution < -0.4 is 11.1 Å². The topological polar surface area (TPSA) is 68.0 Å². The van der Waals surface area contributed by atoms with E-state index in [1.54, 1.807) is 11.8 Å². The second-order valence-corrected chi connectivity index (χ2v) is 6.26. The number of benzene rings is 1. The Balaban J connectivity index is 2.05. The van der Waals surface area contributed by atoms with Crippen LogP contribution in [0.25, 0.3) is 11.3 Å². The minimum atomic E-state index is 0.0503. The summed E-state index contributed by atoms with van der Waals surface area (Å²) in [6, 6.07) is 5.94. The first-order valence-electron chi connectivity index (χ1n) is 5.43. The fraction of sp³-hybridized carbons (Fsp3) is 0.167. The Morgan fingerprint density at radius 3 is 3.00 bits per heavy atom. The van der Waals surface area contributed by atoms with Gasteiger partial charge >= 0.3 is 0 Å². The van der Waals surface area contributed by atoms with Crippen LogP contribution in [0, 0.1) is 6.92 Å². The zero-order chi connectivity index (χ0) is 12.7. The van der Waals surface area contributed by atoms with Gasteiger partial charge < -0.3 is 11.1 Å². The lowest BCUT2D eigenvalue weighted by Crippen LogP contribution is -2.18. The third-order valence-electron chi connectivity index (χ3n) is 2.70. The predicted molar refractivity (Wildman–Crippen MR) is 76.1 cm³/mol. The number of carbonyl (C=O) groups is 1. The maximum Gasteiger partial charge on any atom is 0.234 e. The Morgan fingerprint density at radius 2 is 2.28 bits per heavy atom. The summed E-state index contributed by atoms with van der Waals surface area (Å²) >= 11 is 3.04. The predicted octanol–water partition coefficient (Wildman–Crippen LogP) is 2.74. The molecule has 0 saturated heterocycles. The van der Waals surface area contributed by atoms with E-state index >= 15 is 0 Å². The average Bonchev–Trinajstić information content (AvgIpc) is 2.68. The van der Waals surface area contributed by atoms with Crippen LogP contribution in [0.1, 0.15) is 4.88 Å². The van der Waals surface area contributed by atoms with E-state index in [0.717, 1.165) is 26.7 Å². The summed E-state index contributed by atoms with van der Waals surface area (Å²) < 4.78 is 0. The summed E-state index contributed by atoms with van der Waals surface area (Å²) in [6.45, 7) is 2.01. The molecule has 6 heteroatoms. The first kappa shape index (κ1) is 11.6. The van der Waals surface area contributed by atoms with E-state index in [4.69, 9.17) is 5.73 Å². The van der Waals surface area contributed by atoms with Crippen molar-refractivity contribution in [2.75, 3.05) is 16.8 Å².